The highest BCUT2D eigenvalue weighted by molar-refractivity contribution is 7.80. The summed E-state index contributed by atoms with van der Waals surface area (Å²) in [6.45, 7) is -0.863. The summed E-state index contributed by atoms with van der Waals surface area (Å²) >= 11 is 3.87. The van der Waals surface area contributed by atoms with Gasteiger partial charge >= 0.3 is 11.9 Å². The van der Waals surface area contributed by atoms with Crippen LogP contribution in [0, 0.1) is 0 Å². The number of aliphatic hydroxyl groups is 1. The lowest BCUT2D eigenvalue weighted by Gasteiger charge is -2.23. The van der Waals surface area contributed by atoms with E-state index in [1.165, 1.54) is 0 Å². The molecule has 14 nitrogen and oxygen atoms in total. The van der Waals surface area contributed by atoms with E-state index in [-0.39, 0.29) is 18.6 Å². The average Bonchev–Trinajstić information content (AvgIpc) is 2.66. The van der Waals surface area contributed by atoms with Crippen LogP contribution in [0.3, 0.4) is 0 Å². The molecular formula is C15H25N5O9S. The van der Waals surface area contributed by atoms with Gasteiger partial charge < -0.3 is 42.7 Å². The van der Waals surface area contributed by atoms with Crippen molar-refractivity contribution in [3.05, 3.63) is 0 Å². The van der Waals surface area contributed by atoms with Crippen molar-refractivity contribution in [3.63, 3.8) is 0 Å². The van der Waals surface area contributed by atoms with Crippen molar-refractivity contribution in [2.45, 2.75) is 43.4 Å². The SMILES string of the molecule is NC(=O)CCC(N)C(=O)NC(CO)C(=O)NC(CS)C(=O)NC(CC(=O)O)C(=O)O. The lowest BCUT2D eigenvalue weighted by molar-refractivity contribution is -0.147. The Labute approximate surface area is 176 Å². The van der Waals surface area contributed by atoms with E-state index in [4.69, 9.17) is 21.7 Å². The summed E-state index contributed by atoms with van der Waals surface area (Å²) in [6, 6.07) is -5.84. The second-order valence-electron chi connectivity index (χ2n) is 6.10. The second-order valence-corrected chi connectivity index (χ2v) is 6.46. The highest BCUT2D eigenvalue weighted by Crippen LogP contribution is 1.99. The molecule has 0 bridgehead atoms. The smallest absolute Gasteiger partial charge is 0.326 e. The monoisotopic (exact) mass is 451 g/mol. The number of carboxylic acids is 2. The van der Waals surface area contributed by atoms with Gasteiger partial charge in [-0.25, -0.2) is 4.79 Å². The molecule has 15 heteroatoms. The van der Waals surface area contributed by atoms with E-state index in [1.807, 2.05) is 5.32 Å². The molecule has 4 amide bonds. The Morgan fingerprint density at radius 3 is 1.80 bits per heavy atom. The number of nitrogens with one attached hydrogen (secondary N) is 3. The van der Waals surface area contributed by atoms with Crippen LogP contribution in [0.15, 0.2) is 0 Å². The molecule has 0 spiro atoms. The molecule has 0 rings (SSSR count). The summed E-state index contributed by atoms with van der Waals surface area (Å²) in [7, 11) is 0. The van der Waals surface area contributed by atoms with Gasteiger partial charge in [-0.2, -0.15) is 12.6 Å². The minimum Gasteiger partial charge on any atom is -0.481 e. The van der Waals surface area contributed by atoms with Crippen molar-refractivity contribution in [1.82, 2.24) is 16.0 Å². The quantitative estimate of drug-likeness (QED) is 0.114. The first kappa shape index (κ1) is 27.1. The molecule has 0 saturated heterocycles. The Morgan fingerprint density at radius 2 is 1.37 bits per heavy atom. The first-order valence-corrected chi connectivity index (χ1v) is 9.17. The Kier molecular flexibility index (Phi) is 12.0. The van der Waals surface area contributed by atoms with Crippen LogP contribution in [0.2, 0.25) is 0 Å². The Morgan fingerprint density at radius 1 is 0.867 bits per heavy atom. The number of carbonyl (C=O) groups is 6. The molecule has 0 aromatic heterocycles. The zero-order valence-electron chi connectivity index (χ0n) is 15.7. The van der Waals surface area contributed by atoms with Crippen molar-refractivity contribution in [3.8, 4) is 0 Å². The van der Waals surface area contributed by atoms with Gasteiger partial charge in [-0.1, -0.05) is 0 Å². The van der Waals surface area contributed by atoms with Crippen LogP contribution in [0.4, 0.5) is 0 Å². The number of amides is 4. The summed E-state index contributed by atoms with van der Waals surface area (Å²) in [6.07, 6.45) is -1.16. The van der Waals surface area contributed by atoms with Crippen molar-refractivity contribution in [2.24, 2.45) is 11.5 Å². The number of carbonyl (C=O) groups excluding carboxylic acids is 4. The van der Waals surface area contributed by atoms with E-state index in [0.717, 1.165) is 0 Å². The van der Waals surface area contributed by atoms with Gasteiger partial charge in [0.25, 0.3) is 0 Å². The van der Waals surface area contributed by atoms with Crippen LogP contribution < -0.4 is 27.4 Å². The molecule has 0 aliphatic heterocycles. The average molecular weight is 451 g/mol. The molecule has 0 aromatic rings. The highest BCUT2D eigenvalue weighted by atomic mass is 32.1. The third-order valence-corrected chi connectivity index (χ3v) is 4.03. The summed E-state index contributed by atoms with van der Waals surface area (Å²) in [4.78, 5) is 68.8. The molecule has 0 aliphatic rings. The lowest BCUT2D eigenvalue weighted by atomic mass is 10.1. The molecule has 4 unspecified atom stereocenters. The maximum atomic E-state index is 12.2. The molecule has 0 radical (unpaired) electrons. The normalized spacial score (nSPS) is 14.5. The van der Waals surface area contributed by atoms with Crippen molar-refractivity contribution >= 4 is 48.2 Å². The molecule has 170 valence electrons. The number of nitrogens with two attached hydrogens (primary N) is 2. The number of hydrogen-bond acceptors (Lipinski definition) is 9. The van der Waals surface area contributed by atoms with Crippen LogP contribution in [-0.2, 0) is 28.8 Å². The predicted molar refractivity (Wildman–Crippen MR) is 103 cm³/mol. The molecule has 0 saturated carbocycles. The summed E-state index contributed by atoms with van der Waals surface area (Å²) in [5, 5.41) is 33.2. The van der Waals surface area contributed by atoms with E-state index in [9.17, 15) is 33.9 Å². The number of primary amides is 1. The standard InChI is InChI=1S/C15H25N5O9S/c16-6(1-2-10(17)22)12(25)19-8(4-21)13(26)20-9(5-30)14(27)18-7(15(28)29)3-11(23)24/h6-9,21,30H,1-5,16H2,(H2,17,22)(H,18,27)(H,19,25)(H,20,26)(H,23,24)(H,28,29). The van der Waals surface area contributed by atoms with Crippen molar-refractivity contribution in [2.75, 3.05) is 12.4 Å². The summed E-state index contributed by atoms with van der Waals surface area (Å²) in [5.41, 5.74) is 10.5. The van der Waals surface area contributed by atoms with Gasteiger partial charge in [-0.05, 0) is 6.42 Å². The molecule has 10 N–H and O–H groups in total. The minimum absolute atomic E-state index is 0.0945. The Hall–Kier alpha value is -2.91. The lowest BCUT2D eigenvalue weighted by Crippen LogP contribution is -2.58. The zero-order valence-corrected chi connectivity index (χ0v) is 16.6. The van der Waals surface area contributed by atoms with Gasteiger partial charge in [-0.3, -0.25) is 24.0 Å². The first-order chi connectivity index (χ1) is 13.9. The summed E-state index contributed by atoms with van der Waals surface area (Å²) in [5.74, 6) is -6.95. The van der Waals surface area contributed by atoms with Crippen molar-refractivity contribution in [1.29, 1.82) is 0 Å². The highest BCUT2D eigenvalue weighted by Gasteiger charge is 2.30. The molecule has 30 heavy (non-hydrogen) atoms. The minimum atomic E-state index is -1.74. The molecule has 0 heterocycles. The Bertz CT molecular complexity index is 675. The van der Waals surface area contributed by atoms with Crippen molar-refractivity contribution < 1.29 is 44.1 Å². The largest absolute Gasteiger partial charge is 0.481 e. The number of carboxylic acid groups (broad SMARTS) is 2. The van der Waals surface area contributed by atoms with E-state index in [0.29, 0.717) is 0 Å². The summed E-state index contributed by atoms with van der Waals surface area (Å²) < 4.78 is 0. The van der Waals surface area contributed by atoms with E-state index >= 15 is 0 Å². The number of rotatable bonds is 14. The van der Waals surface area contributed by atoms with Crippen LogP contribution in [0.1, 0.15) is 19.3 Å². The first-order valence-electron chi connectivity index (χ1n) is 8.54. The fourth-order valence-corrected chi connectivity index (χ4v) is 2.27. The van der Waals surface area contributed by atoms with Gasteiger partial charge in [0.1, 0.15) is 18.1 Å². The van der Waals surface area contributed by atoms with E-state index in [1.54, 1.807) is 0 Å². The van der Waals surface area contributed by atoms with Gasteiger partial charge in [0.2, 0.25) is 23.6 Å². The molecule has 0 aliphatic carbocycles. The second kappa shape index (κ2) is 13.3. The Balaban J connectivity index is 4.97. The number of thiol groups is 1. The number of aliphatic carboxylic acids is 2. The number of aliphatic hydroxyl groups excluding tert-OH is 1. The van der Waals surface area contributed by atoms with Gasteiger partial charge in [-0.15, -0.1) is 0 Å². The van der Waals surface area contributed by atoms with E-state index < -0.39 is 72.8 Å². The molecule has 0 fully saturated rings. The predicted octanol–water partition coefficient (Wildman–Crippen LogP) is -4.48. The molecule has 4 atom stereocenters. The van der Waals surface area contributed by atoms with Gasteiger partial charge in [0, 0.05) is 12.2 Å². The topological polar surface area (TPSA) is 251 Å². The van der Waals surface area contributed by atoms with Gasteiger partial charge in [0.05, 0.1) is 19.1 Å². The van der Waals surface area contributed by atoms with Crippen LogP contribution >= 0.6 is 12.6 Å². The zero-order chi connectivity index (χ0) is 23.4. The van der Waals surface area contributed by atoms with Crippen LogP contribution in [-0.4, -0.2) is 87.4 Å². The third-order valence-electron chi connectivity index (χ3n) is 3.66. The van der Waals surface area contributed by atoms with E-state index in [2.05, 4.69) is 23.3 Å². The number of hydrogen-bond donors (Lipinski definition) is 9. The maximum absolute atomic E-state index is 12.2. The molecular weight excluding hydrogens is 426 g/mol. The third kappa shape index (κ3) is 10.0. The fraction of sp³-hybridized carbons (Fsp3) is 0.600. The fourth-order valence-electron chi connectivity index (χ4n) is 2.02. The van der Waals surface area contributed by atoms with Crippen LogP contribution in [0.5, 0.6) is 0 Å². The van der Waals surface area contributed by atoms with Crippen LogP contribution in [0.25, 0.3) is 0 Å². The molecule has 0 aromatic carbocycles. The maximum Gasteiger partial charge on any atom is 0.326 e. The van der Waals surface area contributed by atoms with Gasteiger partial charge in [0.15, 0.2) is 0 Å².